The molecule has 20 heavy (non-hydrogen) atoms. The molecule has 0 bridgehead atoms. The smallest absolute Gasteiger partial charge is 0.0794 e. The maximum atomic E-state index is 4.12. The van der Waals surface area contributed by atoms with Crippen LogP contribution >= 0.6 is 11.3 Å². The molecule has 1 N–H and O–H groups in total. The van der Waals surface area contributed by atoms with Gasteiger partial charge in [0.05, 0.1) is 5.51 Å². The average Bonchev–Trinajstić information content (AvgIpc) is 2.99. The Morgan fingerprint density at radius 1 is 1.30 bits per heavy atom. The van der Waals surface area contributed by atoms with Crippen LogP contribution in [-0.4, -0.2) is 30.0 Å². The van der Waals surface area contributed by atoms with E-state index in [4.69, 9.17) is 0 Å². The molecule has 3 nitrogen and oxygen atoms in total. The Morgan fingerprint density at radius 3 is 2.80 bits per heavy atom. The monoisotopic (exact) mass is 289 g/mol. The van der Waals surface area contributed by atoms with Crippen LogP contribution in [0.2, 0.25) is 0 Å². The number of benzene rings is 1. The molecule has 0 aliphatic rings. The first kappa shape index (κ1) is 15.2. The van der Waals surface area contributed by atoms with E-state index in [1.54, 1.807) is 11.3 Å². The predicted molar refractivity (Wildman–Crippen MR) is 85.9 cm³/mol. The fourth-order valence-electron chi connectivity index (χ4n) is 2.18. The largest absolute Gasteiger partial charge is 0.309 e. The van der Waals surface area contributed by atoms with E-state index in [9.17, 15) is 0 Å². The number of thiazole rings is 1. The third-order valence-corrected chi connectivity index (χ3v) is 4.30. The van der Waals surface area contributed by atoms with Crippen LogP contribution in [0.5, 0.6) is 0 Å². The molecule has 1 unspecified atom stereocenters. The molecule has 0 spiro atoms. The van der Waals surface area contributed by atoms with Crippen LogP contribution in [0.3, 0.4) is 0 Å². The summed E-state index contributed by atoms with van der Waals surface area (Å²) in [5.41, 5.74) is 3.27. The van der Waals surface area contributed by atoms with Crippen molar-refractivity contribution in [3.63, 3.8) is 0 Å². The van der Waals surface area contributed by atoms with Gasteiger partial charge < -0.3 is 10.2 Å². The van der Waals surface area contributed by atoms with Gasteiger partial charge >= 0.3 is 0 Å². The lowest BCUT2D eigenvalue weighted by Gasteiger charge is -2.18. The molecule has 2 rings (SSSR count). The van der Waals surface area contributed by atoms with Crippen molar-refractivity contribution in [1.82, 2.24) is 15.2 Å². The summed E-state index contributed by atoms with van der Waals surface area (Å²) in [7, 11) is 2.18. The molecule has 1 aromatic carbocycles. The van der Waals surface area contributed by atoms with Gasteiger partial charge in [-0.3, -0.25) is 4.98 Å². The second kappa shape index (κ2) is 8.15. The highest BCUT2D eigenvalue weighted by molar-refractivity contribution is 7.09. The third kappa shape index (κ3) is 5.04. The SMILES string of the molecule is CC(NCCCN(C)Cc1ccccc1)c1cncs1. The molecule has 0 saturated carbocycles. The zero-order valence-corrected chi connectivity index (χ0v) is 13.1. The molecule has 2 aromatic rings. The van der Waals surface area contributed by atoms with Gasteiger partial charge in [-0.15, -0.1) is 11.3 Å². The normalized spacial score (nSPS) is 12.8. The Kier molecular flexibility index (Phi) is 6.18. The van der Waals surface area contributed by atoms with Crippen LogP contribution in [-0.2, 0) is 6.54 Å². The van der Waals surface area contributed by atoms with Gasteiger partial charge in [-0.2, -0.15) is 0 Å². The van der Waals surface area contributed by atoms with Gasteiger partial charge in [0, 0.05) is 23.7 Å². The summed E-state index contributed by atoms with van der Waals surface area (Å²) in [6, 6.07) is 11.0. The quantitative estimate of drug-likeness (QED) is 0.756. The lowest BCUT2D eigenvalue weighted by Crippen LogP contribution is -2.25. The Morgan fingerprint density at radius 2 is 2.10 bits per heavy atom. The lowest BCUT2D eigenvalue weighted by molar-refractivity contribution is 0.317. The Hall–Kier alpha value is -1.23. The molecular weight excluding hydrogens is 266 g/mol. The average molecular weight is 289 g/mol. The zero-order valence-electron chi connectivity index (χ0n) is 12.2. The minimum absolute atomic E-state index is 0.405. The van der Waals surface area contributed by atoms with Crippen molar-refractivity contribution in [2.24, 2.45) is 0 Å². The number of nitrogens with zero attached hydrogens (tertiary/aromatic N) is 2. The first-order valence-corrected chi connectivity index (χ1v) is 7.98. The molecule has 0 aliphatic heterocycles. The van der Waals surface area contributed by atoms with Gasteiger partial charge in [-0.25, -0.2) is 0 Å². The Bertz CT molecular complexity index is 470. The van der Waals surface area contributed by atoms with Crippen LogP contribution in [0.4, 0.5) is 0 Å². The van der Waals surface area contributed by atoms with Crippen molar-refractivity contribution in [3.8, 4) is 0 Å². The minimum atomic E-state index is 0.405. The molecule has 0 amide bonds. The molecule has 108 valence electrons. The molecule has 4 heteroatoms. The third-order valence-electron chi connectivity index (χ3n) is 3.34. The summed E-state index contributed by atoms with van der Waals surface area (Å²) in [5, 5.41) is 3.55. The second-order valence-electron chi connectivity index (χ2n) is 5.16. The Balaban J connectivity index is 1.61. The number of rotatable bonds is 8. The van der Waals surface area contributed by atoms with Crippen molar-refractivity contribution in [2.75, 3.05) is 20.1 Å². The number of aromatic nitrogens is 1. The van der Waals surface area contributed by atoms with Crippen molar-refractivity contribution in [1.29, 1.82) is 0 Å². The molecular formula is C16H23N3S. The highest BCUT2D eigenvalue weighted by Gasteiger charge is 2.06. The van der Waals surface area contributed by atoms with E-state index in [0.29, 0.717) is 6.04 Å². The summed E-state index contributed by atoms with van der Waals surface area (Å²) < 4.78 is 0. The number of hydrogen-bond donors (Lipinski definition) is 1. The Labute approximate surface area is 125 Å². The van der Waals surface area contributed by atoms with Crippen molar-refractivity contribution < 1.29 is 0 Å². The van der Waals surface area contributed by atoms with Gasteiger partial charge in [0.15, 0.2) is 0 Å². The van der Waals surface area contributed by atoms with E-state index >= 15 is 0 Å². The fraction of sp³-hybridized carbons (Fsp3) is 0.438. The lowest BCUT2D eigenvalue weighted by atomic mass is 10.2. The first-order valence-electron chi connectivity index (χ1n) is 7.10. The van der Waals surface area contributed by atoms with E-state index in [-0.39, 0.29) is 0 Å². The van der Waals surface area contributed by atoms with E-state index in [1.165, 1.54) is 10.4 Å². The summed E-state index contributed by atoms with van der Waals surface area (Å²) in [4.78, 5) is 7.79. The van der Waals surface area contributed by atoms with E-state index in [1.807, 2.05) is 11.7 Å². The van der Waals surface area contributed by atoms with E-state index in [0.717, 1.165) is 26.1 Å². The van der Waals surface area contributed by atoms with Crippen molar-refractivity contribution >= 4 is 11.3 Å². The van der Waals surface area contributed by atoms with Crippen molar-refractivity contribution in [3.05, 3.63) is 52.5 Å². The summed E-state index contributed by atoms with van der Waals surface area (Å²) >= 11 is 1.71. The topological polar surface area (TPSA) is 28.2 Å². The van der Waals surface area contributed by atoms with Crippen LogP contribution in [0.25, 0.3) is 0 Å². The van der Waals surface area contributed by atoms with Gasteiger partial charge in [-0.1, -0.05) is 30.3 Å². The standard InChI is InChI=1S/C16H23N3S/c1-14(16-11-17-13-20-16)18-9-6-10-19(2)12-15-7-4-3-5-8-15/h3-5,7-8,11,13-14,18H,6,9-10,12H2,1-2H3. The van der Waals surface area contributed by atoms with Gasteiger partial charge in [0.2, 0.25) is 0 Å². The molecule has 0 fully saturated rings. The molecule has 0 saturated heterocycles. The molecule has 1 aromatic heterocycles. The van der Waals surface area contributed by atoms with Crippen LogP contribution < -0.4 is 5.32 Å². The van der Waals surface area contributed by atoms with Crippen LogP contribution in [0.1, 0.15) is 29.8 Å². The minimum Gasteiger partial charge on any atom is -0.309 e. The highest BCUT2D eigenvalue weighted by Crippen LogP contribution is 2.15. The van der Waals surface area contributed by atoms with E-state index < -0.39 is 0 Å². The number of hydrogen-bond acceptors (Lipinski definition) is 4. The summed E-state index contributed by atoms with van der Waals surface area (Å²) in [5.74, 6) is 0. The maximum Gasteiger partial charge on any atom is 0.0794 e. The summed E-state index contributed by atoms with van der Waals surface area (Å²) in [6.07, 6.45) is 3.11. The van der Waals surface area contributed by atoms with Gasteiger partial charge in [0.25, 0.3) is 0 Å². The first-order chi connectivity index (χ1) is 9.75. The van der Waals surface area contributed by atoms with E-state index in [2.05, 4.69) is 59.5 Å². The van der Waals surface area contributed by atoms with Crippen molar-refractivity contribution in [2.45, 2.75) is 25.9 Å². The molecule has 1 heterocycles. The van der Waals surface area contributed by atoms with Gasteiger partial charge in [-0.05, 0) is 39.0 Å². The van der Waals surface area contributed by atoms with Gasteiger partial charge in [0.1, 0.15) is 0 Å². The van der Waals surface area contributed by atoms with Crippen LogP contribution in [0.15, 0.2) is 42.0 Å². The predicted octanol–water partition coefficient (Wildman–Crippen LogP) is 3.32. The molecule has 0 aliphatic carbocycles. The fourth-order valence-corrected chi connectivity index (χ4v) is 2.83. The molecule has 0 radical (unpaired) electrons. The highest BCUT2D eigenvalue weighted by atomic mass is 32.1. The zero-order chi connectivity index (χ0) is 14.2. The van der Waals surface area contributed by atoms with Crippen LogP contribution in [0, 0.1) is 0 Å². The second-order valence-corrected chi connectivity index (χ2v) is 6.07. The molecule has 1 atom stereocenters. The maximum absolute atomic E-state index is 4.12. The summed E-state index contributed by atoms with van der Waals surface area (Å²) in [6.45, 7) is 5.36. The number of nitrogens with one attached hydrogen (secondary N) is 1.